The number of hydrogen-bond donors (Lipinski definition) is 1. The standard InChI is InChI=1S/C13H13BrClNO3S/c1-2-11-16(10(6-20-11)13(18)19)12(17)7-3-8(14)5-9(15)4-7/h3-5,10-11H,2,6H2,1H3,(H,18,19). The summed E-state index contributed by atoms with van der Waals surface area (Å²) < 4.78 is 0.695. The van der Waals surface area contributed by atoms with Crippen LogP contribution in [0.1, 0.15) is 23.7 Å². The van der Waals surface area contributed by atoms with E-state index >= 15 is 0 Å². The first-order chi connectivity index (χ1) is 9.43. The summed E-state index contributed by atoms with van der Waals surface area (Å²) in [6.45, 7) is 1.94. The van der Waals surface area contributed by atoms with E-state index in [1.54, 1.807) is 18.2 Å². The van der Waals surface area contributed by atoms with Crippen LogP contribution in [0, 0.1) is 0 Å². The fourth-order valence-electron chi connectivity index (χ4n) is 2.17. The van der Waals surface area contributed by atoms with Crippen molar-refractivity contribution in [1.29, 1.82) is 0 Å². The smallest absolute Gasteiger partial charge is 0.327 e. The Kier molecular flexibility index (Phi) is 4.99. The van der Waals surface area contributed by atoms with Crippen molar-refractivity contribution in [2.45, 2.75) is 24.8 Å². The molecular weight excluding hydrogens is 366 g/mol. The van der Waals surface area contributed by atoms with Gasteiger partial charge in [-0.15, -0.1) is 11.8 Å². The van der Waals surface area contributed by atoms with Crippen molar-refractivity contribution in [3.63, 3.8) is 0 Å². The summed E-state index contributed by atoms with van der Waals surface area (Å²) in [6, 6.07) is 4.12. The molecule has 1 heterocycles. The number of benzene rings is 1. The molecule has 20 heavy (non-hydrogen) atoms. The molecule has 2 unspecified atom stereocenters. The van der Waals surface area contributed by atoms with Gasteiger partial charge in [-0.2, -0.15) is 0 Å². The number of carbonyl (C=O) groups is 2. The van der Waals surface area contributed by atoms with Gasteiger partial charge >= 0.3 is 5.97 Å². The Balaban J connectivity index is 2.35. The minimum Gasteiger partial charge on any atom is -0.480 e. The van der Waals surface area contributed by atoms with Crippen molar-refractivity contribution in [3.8, 4) is 0 Å². The molecule has 0 radical (unpaired) electrons. The number of rotatable bonds is 3. The monoisotopic (exact) mass is 377 g/mol. The molecule has 2 rings (SSSR count). The SMILES string of the molecule is CCC1SCC(C(=O)O)N1C(=O)c1cc(Cl)cc(Br)c1. The van der Waals surface area contributed by atoms with Gasteiger partial charge in [-0.05, 0) is 24.6 Å². The number of amides is 1. The Bertz CT molecular complexity index is 534. The van der Waals surface area contributed by atoms with Crippen LogP contribution in [0.2, 0.25) is 5.02 Å². The highest BCUT2D eigenvalue weighted by molar-refractivity contribution is 9.10. The van der Waals surface area contributed by atoms with Crippen LogP contribution in [0.3, 0.4) is 0 Å². The fourth-order valence-corrected chi connectivity index (χ4v) is 4.37. The predicted molar refractivity (Wildman–Crippen MR) is 83.3 cm³/mol. The molecule has 7 heteroatoms. The molecule has 1 N–H and O–H groups in total. The van der Waals surface area contributed by atoms with E-state index in [-0.39, 0.29) is 11.3 Å². The average Bonchev–Trinajstić information content (AvgIpc) is 2.80. The van der Waals surface area contributed by atoms with Crippen molar-refractivity contribution in [2.24, 2.45) is 0 Å². The molecule has 108 valence electrons. The van der Waals surface area contributed by atoms with Gasteiger partial charge in [0.2, 0.25) is 0 Å². The number of hydrogen-bond acceptors (Lipinski definition) is 3. The predicted octanol–water partition coefficient (Wildman–Crippen LogP) is 3.48. The molecule has 1 aliphatic heterocycles. The van der Waals surface area contributed by atoms with Gasteiger partial charge in [0, 0.05) is 20.8 Å². The first kappa shape index (κ1) is 15.7. The van der Waals surface area contributed by atoms with Crippen LogP contribution in [0.15, 0.2) is 22.7 Å². The number of thioether (sulfide) groups is 1. The van der Waals surface area contributed by atoms with Gasteiger partial charge in [0.25, 0.3) is 5.91 Å². The molecule has 1 aromatic carbocycles. The third-order valence-electron chi connectivity index (χ3n) is 3.07. The summed E-state index contributed by atoms with van der Waals surface area (Å²) in [7, 11) is 0. The first-order valence-corrected chi connectivity index (χ1v) is 8.29. The number of nitrogens with zero attached hydrogens (tertiary/aromatic N) is 1. The van der Waals surface area contributed by atoms with E-state index in [0.717, 1.165) is 0 Å². The van der Waals surface area contributed by atoms with E-state index in [2.05, 4.69) is 15.9 Å². The molecule has 1 saturated heterocycles. The highest BCUT2D eigenvalue weighted by Crippen LogP contribution is 2.33. The Morgan fingerprint density at radius 3 is 2.75 bits per heavy atom. The van der Waals surface area contributed by atoms with E-state index in [4.69, 9.17) is 11.6 Å². The van der Waals surface area contributed by atoms with E-state index < -0.39 is 12.0 Å². The maximum Gasteiger partial charge on any atom is 0.327 e. The number of carboxylic acid groups (broad SMARTS) is 1. The Morgan fingerprint density at radius 2 is 2.20 bits per heavy atom. The molecule has 0 aliphatic carbocycles. The van der Waals surface area contributed by atoms with Crippen LogP contribution in [-0.4, -0.2) is 39.1 Å². The zero-order valence-electron chi connectivity index (χ0n) is 10.7. The van der Waals surface area contributed by atoms with Gasteiger partial charge in [0.05, 0.1) is 5.37 Å². The van der Waals surface area contributed by atoms with Crippen molar-refractivity contribution in [1.82, 2.24) is 4.90 Å². The van der Waals surface area contributed by atoms with E-state index in [9.17, 15) is 14.7 Å². The van der Waals surface area contributed by atoms with Crippen LogP contribution in [0.5, 0.6) is 0 Å². The lowest BCUT2D eigenvalue weighted by Gasteiger charge is -2.26. The topological polar surface area (TPSA) is 57.6 Å². The first-order valence-electron chi connectivity index (χ1n) is 6.07. The van der Waals surface area contributed by atoms with Crippen LogP contribution in [0.25, 0.3) is 0 Å². The lowest BCUT2D eigenvalue weighted by atomic mass is 10.1. The Labute approximate surface area is 134 Å². The van der Waals surface area contributed by atoms with Crippen LogP contribution >= 0.6 is 39.3 Å². The quantitative estimate of drug-likeness (QED) is 0.875. The molecular formula is C13H13BrClNO3S. The zero-order valence-corrected chi connectivity index (χ0v) is 13.8. The van der Waals surface area contributed by atoms with Crippen LogP contribution in [0.4, 0.5) is 0 Å². The van der Waals surface area contributed by atoms with E-state index in [1.807, 2.05) is 6.92 Å². The maximum atomic E-state index is 12.6. The van der Waals surface area contributed by atoms with Gasteiger partial charge in [0.1, 0.15) is 6.04 Å². The van der Waals surface area contributed by atoms with Gasteiger partial charge in [-0.25, -0.2) is 4.79 Å². The molecule has 1 fully saturated rings. The lowest BCUT2D eigenvalue weighted by molar-refractivity contribution is -0.141. The zero-order chi connectivity index (χ0) is 14.9. The van der Waals surface area contributed by atoms with Gasteiger partial charge < -0.3 is 10.0 Å². The molecule has 4 nitrogen and oxygen atoms in total. The molecule has 0 saturated carbocycles. The fraction of sp³-hybridized carbons (Fsp3) is 0.385. The summed E-state index contributed by atoms with van der Waals surface area (Å²) in [4.78, 5) is 25.4. The number of halogens is 2. The van der Waals surface area contributed by atoms with Gasteiger partial charge in [-0.3, -0.25) is 4.79 Å². The summed E-state index contributed by atoms with van der Waals surface area (Å²) in [5.41, 5.74) is 0.400. The molecule has 1 aliphatic rings. The average molecular weight is 379 g/mol. The molecule has 1 aromatic rings. The molecule has 2 atom stereocenters. The Hall–Kier alpha value is -0.720. The maximum absolute atomic E-state index is 12.6. The summed E-state index contributed by atoms with van der Waals surface area (Å²) in [5.74, 6) is -0.846. The summed E-state index contributed by atoms with van der Waals surface area (Å²) >= 11 is 10.7. The minimum absolute atomic E-state index is 0.110. The minimum atomic E-state index is -0.970. The molecule has 0 spiro atoms. The third kappa shape index (κ3) is 3.13. The van der Waals surface area contributed by atoms with Gasteiger partial charge in [0.15, 0.2) is 0 Å². The molecule has 1 amide bonds. The number of carboxylic acids is 1. The van der Waals surface area contributed by atoms with Gasteiger partial charge in [-0.1, -0.05) is 34.5 Å². The number of aliphatic carboxylic acids is 1. The van der Waals surface area contributed by atoms with Crippen molar-refractivity contribution >= 4 is 51.2 Å². The Morgan fingerprint density at radius 1 is 1.50 bits per heavy atom. The van der Waals surface area contributed by atoms with E-state index in [1.165, 1.54) is 16.7 Å². The lowest BCUT2D eigenvalue weighted by Crippen LogP contribution is -2.45. The largest absolute Gasteiger partial charge is 0.480 e. The van der Waals surface area contributed by atoms with Crippen molar-refractivity contribution in [3.05, 3.63) is 33.3 Å². The number of carbonyl (C=O) groups excluding carboxylic acids is 1. The summed E-state index contributed by atoms with van der Waals surface area (Å²) in [6.07, 6.45) is 0.710. The van der Waals surface area contributed by atoms with Crippen LogP contribution in [-0.2, 0) is 4.79 Å². The second kappa shape index (κ2) is 6.37. The van der Waals surface area contributed by atoms with Crippen LogP contribution < -0.4 is 0 Å². The normalized spacial score (nSPS) is 22.1. The second-order valence-corrected chi connectivity index (χ2v) is 6.98. The second-order valence-electron chi connectivity index (χ2n) is 4.42. The van der Waals surface area contributed by atoms with Crippen molar-refractivity contribution < 1.29 is 14.7 Å². The highest BCUT2D eigenvalue weighted by atomic mass is 79.9. The molecule has 0 aromatic heterocycles. The highest BCUT2D eigenvalue weighted by Gasteiger charge is 2.41. The molecule has 0 bridgehead atoms. The van der Waals surface area contributed by atoms with E-state index in [0.29, 0.717) is 27.2 Å². The summed E-state index contributed by atoms with van der Waals surface area (Å²) in [5, 5.41) is 9.59. The van der Waals surface area contributed by atoms with Crippen molar-refractivity contribution in [2.75, 3.05) is 5.75 Å². The third-order valence-corrected chi connectivity index (χ3v) is 5.20.